The number of aryl methyl sites for hydroxylation is 1. The summed E-state index contributed by atoms with van der Waals surface area (Å²) in [6.07, 6.45) is 3.51. The number of nitrogens with one attached hydrogen (secondary N) is 1. The minimum absolute atomic E-state index is 0.0958. The van der Waals surface area contributed by atoms with Crippen LogP contribution in [0, 0.1) is 5.92 Å². The summed E-state index contributed by atoms with van der Waals surface area (Å²) in [4.78, 5) is 14.5. The summed E-state index contributed by atoms with van der Waals surface area (Å²) >= 11 is 3.00. The second-order valence-corrected chi connectivity index (χ2v) is 8.55. The number of aromatic nitrogens is 2. The number of fused-ring (bicyclic) bond motifs is 1. The number of carbonyl (C=O) groups excluding carboxylic acids is 1. The normalized spacial score (nSPS) is 16.3. The number of hydrogen-bond donors (Lipinski definition) is 1. The van der Waals surface area contributed by atoms with E-state index in [9.17, 15) is 4.79 Å². The number of hydrogen-bond acceptors (Lipinski definition) is 6. The van der Waals surface area contributed by atoms with Gasteiger partial charge in [-0.05, 0) is 48.9 Å². The first-order chi connectivity index (χ1) is 12.7. The first-order valence-electron chi connectivity index (χ1n) is 8.60. The van der Waals surface area contributed by atoms with Crippen LogP contribution < -0.4 is 5.32 Å². The molecule has 0 aliphatic heterocycles. The Morgan fingerprint density at radius 1 is 1.35 bits per heavy atom. The molecule has 1 aromatic carbocycles. The van der Waals surface area contributed by atoms with Crippen LogP contribution in [0.4, 0.5) is 5.69 Å². The predicted molar refractivity (Wildman–Crippen MR) is 105 cm³/mol. The molecule has 0 spiro atoms. The van der Waals surface area contributed by atoms with Crippen LogP contribution in [0.3, 0.4) is 0 Å². The first kappa shape index (κ1) is 17.3. The van der Waals surface area contributed by atoms with Crippen molar-refractivity contribution >= 4 is 34.7 Å². The molecule has 0 saturated carbocycles. The van der Waals surface area contributed by atoms with E-state index in [1.807, 2.05) is 30.3 Å². The number of benzene rings is 1. The van der Waals surface area contributed by atoms with Gasteiger partial charge in [0, 0.05) is 10.6 Å². The third-order valence-corrected chi connectivity index (χ3v) is 6.37. The second-order valence-electron chi connectivity index (χ2n) is 6.48. The van der Waals surface area contributed by atoms with Crippen LogP contribution in [-0.2, 0) is 17.6 Å². The van der Waals surface area contributed by atoms with Crippen molar-refractivity contribution in [3.05, 3.63) is 46.8 Å². The van der Waals surface area contributed by atoms with Gasteiger partial charge >= 0.3 is 0 Å². The summed E-state index contributed by atoms with van der Waals surface area (Å²) in [5.41, 5.74) is 2.20. The molecule has 7 heteroatoms. The van der Waals surface area contributed by atoms with Gasteiger partial charge < -0.3 is 9.73 Å². The Balaban J connectivity index is 1.37. The third-order valence-electron chi connectivity index (χ3n) is 4.33. The van der Waals surface area contributed by atoms with Gasteiger partial charge in [0.1, 0.15) is 0 Å². The fraction of sp³-hybridized carbons (Fsp3) is 0.316. The molecule has 2 heterocycles. The summed E-state index contributed by atoms with van der Waals surface area (Å²) in [6.45, 7) is 2.29. The van der Waals surface area contributed by atoms with Crippen molar-refractivity contribution in [2.75, 3.05) is 11.1 Å². The number of thioether (sulfide) groups is 1. The molecule has 1 N–H and O–H groups in total. The van der Waals surface area contributed by atoms with Crippen molar-refractivity contribution in [2.45, 2.75) is 31.4 Å². The Morgan fingerprint density at radius 3 is 3.04 bits per heavy atom. The van der Waals surface area contributed by atoms with Crippen LogP contribution in [0.5, 0.6) is 0 Å². The fourth-order valence-electron chi connectivity index (χ4n) is 3.02. The van der Waals surface area contributed by atoms with Crippen molar-refractivity contribution in [3.63, 3.8) is 0 Å². The van der Waals surface area contributed by atoms with E-state index in [4.69, 9.17) is 4.42 Å². The SMILES string of the molecule is C[C@H]1CCc2sc(-c3nnc(SCC(=O)Nc4ccccc4)o3)cc2C1. The molecule has 0 radical (unpaired) electrons. The standard InChI is InChI=1S/C19H19N3O2S2/c1-12-7-8-15-13(9-12)10-16(26-15)18-21-22-19(24-18)25-11-17(23)20-14-5-3-2-4-6-14/h2-6,10,12H,7-9,11H2,1H3,(H,20,23)/t12-/m0/s1. The zero-order valence-electron chi connectivity index (χ0n) is 14.4. The quantitative estimate of drug-likeness (QED) is 0.647. The van der Waals surface area contributed by atoms with Crippen LogP contribution in [0.25, 0.3) is 10.8 Å². The molecular weight excluding hydrogens is 366 g/mol. The van der Waals surface area contributed by atoms with Gasteiger partial charge in [0.05, 0.1) is 10.6 Å². The monoisotopic (exact) mass is 385 g/mol. The zero-order chi connectivity index (χ0) is 17.9. The van der Waals surface area contributed by atoms with Gasteiger partial charge in [-0.15, -0.1) is 21.5 Å². The number of rotatable bonds is 5. The van der Waals surface area contributed by atoms with Gasteiger partial charge in [-0.1, -0.05) is 36.9 Å². The highest BCUT2D eigenvalue weighted by molar-refractivity contribution is 7.99. The number of thiophene rings is 1. The first-order valence-corrected chi connectivity index (χ1v) is 10.4. The van der Waals surface area contributed by atoms with Crippen LogP contribution >= 0.6 is 23.1 Å². The van der Waals surface area contributed by atoms with Crippen molar-refractivity contribution < 1.29 is 9.21 Å². The highest BCUT2D eigenvalue weighted by Crippen LogP contribution is 2.37. The smallest absolute Gasteiger partial charge is 0.277 e. The number of nitrogens with zero attached hydrogens (tertiary/aromatic N) is 2. The van der Waals surface area contributed by atoms with E-state index in [1.165, 1.54) is 28.6 Å². The summed E-state index contributed by atoms with van der Waals surface area (Å²) < 4.78 is 5.75. The number of anilines is 1. The third kappa shape index (κ3) is 3.99. The van der Waals surface area contributed by atoms with Gasteiger partial charge in [-0.2, -0.15) is 0 Å². The molecule has 1 aliphatic carbocycles. The minimum Gasteiger partial charge on any atom is -0.410 e. The molecular formula is C19H19N3O2S2. The number of para-hydroxylation sites is 1. The average molecular weight is 386 g/mol. The summed E-state index contributed by atoms with van der Waals surface area (Å²) in [5.74, 6) is 1.42. The summed E-state index contributed by atoms with van der Waals surface area (Å²) in [7, 11) is 0. The summed E-state index contributed by atoms with van der Waals surface area (Å²) in [6, 6.07) is 11.6. The maximum absolute atomic E-state index is 12.0. The van der Waals surface area contributed by atoms with Crippen LogP contribution in [0.1, 0.15) is 23.8 Å². The molecule has 0 bridgehead atoms. The fourth-order valence-corrected chi connectivity index (χ4v) is 4.72. The van der Waals surface area contributed by atoms with Crippen molar-refractivity contribution in [2.24, 2.45) is 5.92 Å². The lowest BCUT2D eigenvalue weighted by atomic mass is 9.90. The van der Waals surface area contributed by atoms with Crippen LogP contribution in [-0.4, -0.2) is 21.9 Å². The molecule has 4 rings (SSSR count). The lowest BCUT2D eigenvalue weighted by Crippen LogP contribution is -2.13. The van der Waals surface area contributed by atoms with Crippen molar-refractivity contribution in [1.29, 1.82) is 0 Å². The number of amides is 1. The van der Waals surface area contributed by atoms with Gasteiger partial charge in [0.2, 0.25) is 5.91 Å². The lowest BCUT2D eigenvalue weighted by molar-refractivity contribution is -0.113. The molecule has 0 fully saturated rings. The van der Waals surface area contributed by atoms with E-state index in [2.05, 4.69) is 28.5 Å². The lowest BCUT2D eigenvalue weighted by Gasteiger charge is -2.16. The second kappa shape index (κ2) is 7.63. The highest BCUT2D eigenvalue weighted by atomic mass is 32.2. The maximum Gasteiger partial charge on any atom is 0.277 e. The molecule has 5 nitrogen and oxygen atoms in total. The van der Waals surface area contributed by atoms with E-state index in [-0.39, 0.29) is 11.7 Å². The Hall–Kier alpha value is -2.12. The Labute approximate surface area is 160 Å². The van der Waals surface area contributed by atoms with Gasteiger partial charge in [-0.25, -0.2) is 0 Å². The molecule has 3 aromatic rings. The van der Waals surface area contributed by atoms with E-state index in [0.717, 1.165) is 29.3 Å². The van der Waals surface area contributed by atoms with Crippen LogP contribution in [0.2, 0.25) is 0 Å². The molecule has 0 unspecified atom stereocenters. The summed E-state index contributed by atoms with van der Waals surface area (Å²) in [5, 5.41) is 11.5. The van der Waals surface area contributed by atoms with Gasteiger partial charge in [0.25, 0.3) is 11.1 Å². The Bertz CT molecular complexity index is 905. The van der Waals surface area contributed by atoms with Gasteiger partial charge in [0.15, 0.2) is 0 Å². The average Bonchev–Trinajstić information content (AvgIpc) is 3.27. The molecule has 1 amide bonds. The number of carbonyl (C=O) groups is 1. The largest absolute Gasteiger partial charge is 0.410 e. The molecule has 1 aliphatic rings. The highest BCUT2D eigenvalue weighted by Gasteiger charge is 2.21. The van der Waals surface area contributed by atoms with Gasteiger partial charge in [-0.3, -0.25) is 4.79 Å². The molecule has 134 valence electrons. The Kier molecular flexibility index (Phi) is 5.08. The van der Waals surface area contributed by atoms with E-state index in [0.29, 0.717) is 11.1 Å². The molecule has 2 aromatic heterocycles. The topological polar surface area (TPSA) is 68.0 Å². The Morgan fingerprint density at radius 2 is 2.19 bits per heavy atom. The van der Waals surface area contributed by atoms with Crippen molar-refractivity contribution in [3.8, 4) is 10.8 Å². The predicted octanol–water partition coefficient (Wildman–Crippen LogP) is 4.65. The zero-order valence-corrected chi connectivity index (χ0v) is 16.0. The van der Waals surface area contributed by atoms with Crippen LogP contribution in [0.15, 0.2) is 46.0 Å². The minimum atomic E-state index is -0.0958. The van der Waals surface area contributed by atoms with Crippen molar-refractivity contribution in [1.82, 2.24) is 10.2 Å². The van der Waals surface area contributed by atoms with E-state index in [1.54, 1.807) is 11.3 Å². The molecule has 26 heavy (non-hydrogen) atoms. The molecule has 1 atom stereocenters. The van der Waals surface area contributed by atoms with E-state index >= 15 is 0 Å². The van der Waals surface area contributed by atoms with E-state index < -0.39 is 0 Å². The molecule has 0 saturated heterocycles. The maximum atomic E-state index is 12.0.